The number of carbonyl (C=O) groups is 1. The standard InChI is InChI=1S/C27H32N4O2/c1-33-27(32)26(22-8-3-2-4-9-22)30-16-15-24(19-30)31-18-20(17-28-31)11-13-23-14-12-21-7-5-6-10-25(21)29-23/h2-4,8-9,12,14,17-18,24,26H,5-7,10-11,13,15-16,19H2,1H3/t24-,26?/m1/s1. The number of methoxy groups -OCH3 is 1. The van der Waals surface area contributed by atoms with E-state index in [0.29, 0.717) is 0 Å². The van der Waals surface area contributed by atoms with Crippen LogP contribution in [0.15, 0.2) is 54.9 Å². The number of likely N-dealkylation sites (tertiary alicyclic amines) is 1. The fraction of sp³-hybridized carbons (Fsp3) is 0.444. The van der Waals surface area contributed by atoms with E-state index in [2.05, 4.69) is 33.0 Å². The maximum Gasteiger partial charge on any atom is 0.327 e. The number of rotatable bonds is 7. The van der Waals surface area contributed by atoms with E-state index in [1.807, 2.05) is 36.5 Å². The lowest BCUT2D eigenvalue weighted by Crippen LogP contribution is -2.33. The van der Waals surface area contributed by atoms with Crippen LogP contribution in [0, 0.1) is 0 Å². The molecule has 1 aliphatic heterocycles. The van der Waals surface area contributed by atoms with Crippen molar-refractivity contribution in [2.45, 2.75) is 57.0 Å². The summed E-state index contributed by atoms with van der Waals surface area (Å²) in [6.45, 7) is 1.62. The third kappa shape index (κ3) is 4.86. The summed E-state index contributed by atoms with van der Waals surface area (Å²) in [7, 11) is 1.46. The van der Waals surface area contributed by atoms with Crippen molar-refractivity contribution in [2.75, 3.05) is 20.2 Å². The van der Waals surface area contributed by atoms with Crippen molar-refractivity contribution < 1.29 is 9.53 Å². The first kappa shape index (κ1) is 21.8. The first-order chi connectivity index (χ1) is 16.2. The maximum absolute atomic E-state index is 12.6. The van der Waals surface area contributed by atoms with Gasteiger partial charge in [0, 0.05) is 30.7 Å². The van der Waals surface area contributed by atoms with E-state index in [4.69, 9.17) is 9.72 Å². The van der Waals surface area contributed by atoms with Crippen LogP contribution in [-0.2, 0) is 35.2 Å². The van der Waals surface area contributed by atoms with Crippen molar-refractivity contribution in [1.82, 2.24) is 19.7 Å². The molecule has 3 aromatic rings. The zero-order valence-electron chi connectivity index (χ0n) is 19.3. The minimum absolute atomic E-state index is 0.208. The molecule has 2 aromatic heterocycles. The molecule has 172 valence electrons. The average Bonchev–Trinajstić information content (AvgIpc) is 3.53. The molecule has 33 heavy (non-hydrogen) atoms. The van der Waals surface area contributed by atoms with Gasteiger partial charge in [-0.15, -0.1) is 0 Å². The largest absolute Gasteiger partial charge is 0.468 e. The normalized spacial score (nSPS) is 19.2. The van der Waals surface area contributed by atoms with Gasteiger partial charge in [0.05, 0.1) is 19.3 Å². The van der Waals surface area contributed by atoms with Crippen LogP contribution in [0.2, 0.25) is 0 Å². The fourth-order valence-electron chi connectivity index (χ4n) is 5.21. The molecule has 1 aliphatic carbocycles. The Labute approximate surface area is 195 Å². The van der Waals surface area contributed by atoms with Gasteiger partial charge in [-0.2, -0.15) is 5.10 Å². The summed E-state index contributed by atoms with van der Waals surface area (Å²) >= 11 is 0. The quantitative estimate of drug-likeness (QED) is 0.514. The number of aryl methyl sites for hydroxylation is 4. The number of hydrogen-bond acceptors (Lipinski definition) is 5. The summed E-state index contributed by atoms with van der Waals surface area (Å²) in [6, 6.07) is 14.3. The van der Waals surface area contributed by atoms with Gasteiger partial charge in [-0.1, -0.05) is 36.4 Å². The number of nitrogens with zero attached hydrogens (tertiary/aromatic N) is 4. The van der Waals surface area contributed by atoms with Gasteiger partial charge in [-0.25, -0.2) is 4.79 Å². The van der Waals surface area contributed by atoms with Gasteiger partial charge in [-0.05, 0) is 67.7 Å². The average molecular weight is 445 g/mol. The Hall–Kier alpha value is -2.99. The molecule has 5 rings (SSSR count). The SMILES string of the molecule is COC(=O)C(c1ccccc1)N1CC[C@@H](n2cc(CCc3ccc4c(n3)CCCC4)cn2)C1. The predicted octanol–water partition coefficient (Wildman–Crippen LogP) is 4.10. The van der Waals surface area contributed by atoms with Crippen LogP contribution in [0.25, 0.3) is 0 Å². The summed E-state index contributed by atoms with van der Waals surface area (Å²) < 4.78 is 7.20. The van der Waals surface area contributed by atoms with Crippen LogP contribution in [0.5, 0.6) is 0 Å². The number of esters is 1. The highest BCUT2D eigenvalue weighted by Gasteiger charge is 2.35. The number of fused-ring (bicyclic) bond motifs is 1. The molecule has 0 bridgehead atoms. The minimum Gasteiger partial charge on any atom is -0.468 e. The highest BCUT2D eigenvalue weighted by atomic mass is 16.5. The highest BCUT2D eigenvalue weighted by Crippen LogP contribution is 2.31. The second kappa shape index (κ2) is 9.87. The zero-order chi connectivity index (χ0) is 22.6. The van der Waals surface area contributed by atoms with Crippen molar-refractivity contribution in [3.8, 4) is 0 Å². The lowest BCUT2D eigenvalue weighted by molar-refractivity contribution is -0.147. The topological polar surface area (TPSA) is 60.2 Å². The van der Waals surface area contributed by atoms with Crippen LogP contribution in [0.1, 0.15) is 59.4 Å². The van der Waals surface area contributed by atoms with Gasteiger partial charge in [0.2, 0.25) is 0 Å². The Balaban J connectivity index is 1.22. The molecule has 1 aromatic carbocycles. The van der Waals surface area contributed by atoms with Crippen molar-refractivity contribution >= 4 is 5.97 Å². The monoisotopic (exact) mass is 444 g/mol. The molecule has 3 heterocycles. The Kier molecular flexibility index (Phi) is 6.53. The Morgan fingerprint density at radius 1 is 1.12 bits per heavy atom. The van der Waals surface area contributed by atoms with Crippen molar-refractivity contribution in [3.05, 3.63) is 82.9 Å². The number of aromatic nitrogens is 3. The molecular formula is C27H32N4O2. The van der Waals surface area contributed by atoms with Crippen LogP contribution >= 0.6 is 0 Å². The molecular weight excluding hydrogens is 412 g/mol. The van der Waals surface area contributed by atoms with Crippen LogP contribution in [0.4, 0.5) is 0 Å². The smallest absolute Gasteiger partial charge is 0.327 e. The molecule has 2 atom stereocenters. The number of benzene rings is 1. The molecule has 0 radical (unpaired) electrons. The number of hydrogen-bond donors (Lipinski definition) is 0. The summed E-state index contributed by atoms with van der Waals surface area (Å²) in [4.78, 5) is 19.7. The van der Waals surface area contributed by atoms with E-state index in [1.165, 1.54) is 48.9 Å². The second-order valence-corrected chi connectivity index (χ2v) is 9.22. The van der Waals surface area contributed by atoms with E-state index >= 15 is 0 Å². The minimum atomic E-state index is -0.369. The molecule has 0 spiro atoms. The Bertz CT molecular complexity index is 1090. The first-order valence-electron chi connectivity index (χ1n) is 12.1. The zero-order valence-corrected chi connectivity index (χ0v) is 19.3. The molecule has 0 N–H and O–H groups in total. The van der Waals surface area contributed by atoms with Crippen molar-refractivity contribution in [2.24, 2.45) is 0 Å². The third-order valence-electron chi connectivity index (χ3n) is 7.03. The van der Waals surface area contributed by atoms with Crippen LogP contribution in [-0.4, -0.2) is 45.8 Å². The molecule has 0 amide bonds. The summed E-state index contributed by atoms with van der Waals surface area (Å²) in [5.74, 6) is -0.208. The summed E-state index contributed by atoms with van der Waals surface area (Å²) in [5.41, 5.74) is 6.13. The summed E-state index contributed by atoms with van der Waals surface area (Å²) in [6.07, 6.45) is 11.8. The van der Waals surface area contributed by atoms with Crippen LogP contribution in [0.3, 0.4) is 0 Å². The highest BCUT2D eigenvalue weighted by molar-refractivity contribution is 5.77. The molecule has 0 saturated carbocycles. The summed E-state index contributed by atoms with van der Waals surface area (Å²) in [5, 5.41) is 4.67. The number of carbonyl (C=O) groups excluding carboxylic acids is 1. The van der Waals surface area contributed by atoms with Gasteiger partial charge in [0.1, 0.15) is 6.04 Å². The molecule has 1 unspecified atom stereocenters. The Morgan fingerprint density at radius 3 is 2.82 bits per heavy atom. The molecule has 6 nitrogen and oxygen atoms in total. The van der Waals surface area contributed by atoms with Gasteiger partial charge < -0.3 is 4.74 Å². The molecule has 6 heteroatoms. The van der Waals surface area contributed by atoms with E-state index in [0.717, 1.165) is 44.3 Å². The molecule has 1 saturated heterocycles. The van der Waals surface area contributed by atoms with Crippen molar-refractivity contribution in [3.63, 3.8) is 0 Å². The third-order valence-corrected chi connectivity index (χ3v) is 7.03. The van der Waals surface area contributed by atoms with Gasteiger partial charge in [-0.3, -0.25) is 14.6 Å². The first-order valence-corrected chi connectivity index (χ1v) is 12.1. The molecule has 2 aliphatic rings. The van der Waals surface area contributed by atoms with E-state index in [-0.39, 0.29) is 18.1 Å². The Morgan fingerprint density at radius 2 is 1.97 bits per heavy atom. The van der Waals surface area contributed by atoms with Gasteiger partial charge >= 0.3 is 5.97 Å². The number of ether oxygens (including phenoxy) is 1. The van der Waals surface area contributed by atoms with Gasteiger partial charge in [0.15, 0.2) is 0 Å². The molecule has 1 fully saturated rings. The lowest BCUT2D eigenvalue weighted by atomic mass is 9.95. The second-order valence-electron chi connectivity index (χ2n) is 9.22. The van der Waals surface area contributed by atoms with Crippen molar-refractivity contribution in [1.29, 1.82) is 0 Å². The predicted molar refractivity (Wildman–Crippen MR) is 127 cm³/mol. The lowest BCUT2D eigenvalue weighted by Gasteiger charge is -2.26. The van der Waals surface area contributed by atoms with E-state index in [1.54, 1.807) is 0 Å². The van der Waals surface area contributed by atoms with E-state index < -0.39 is 0 Å². The maximum atomic E-state index is 12.6. The number of pyridine rings is 1. The van der Waals surface area contributed by atoms with E-state index in [9.17, 15) is 4.79 Å². The van der Waals surface area contributed by atoms with Gasteiger partial charge in [0.25, 0.3) is 0 Å². The van der Waals surface area contributed by atoms with Crippen LogP contribution < -0.4 is 0 Å². The fourth-order valence-corrected chi connectivity index (χ4v) is 5.21.